The van der Waals surface area contributed by atoms with Crippen molar-refractivity contribution in [2.75, 3.05) is 6.61 Å². The van der Waals surface area contributed by atoms with Crippen LogP contribution in [-0.2, 0) is 14.3 Å². The number of dihydropyridines is 1. The number of ketones is 1. The molecule has 1 aliphatic heterocycles. The van der Waals surface area contributed by atoms with Crippen LogP contribution in [0.2, 0.25) is 5.02 Å². The van der Waals surface area contributed by atoms with Crippen LogP contribution in [-0.4, -0.2) is 18.4 Å². The number of hydrogen-bond donors (Lipinski definition) is 1. The lowest BCUT2D eigenvalue weighted by atomic mass is 9.68. The van der Waals surface area contributed by atoms with Crippen LogP contribution in [0, 0.1) is 5.41 Å². The van der Waals surface area contributed by atoms with Gasteiger partial charge in [-0.2, -0.15) is 0 Å². The van der Waals surface area contributed by atoms with E-state index in [1.807, 2.05) is 25.1 Å². The van der Waals surface area contributed by atoms with Crippen molar-refractivity contribution in [3.63, 3.8) is 0 Å². The fraction of sp³-hybridized carbons (Fsp3) is 0.364. The number of rotatable bonds is 4. The molecule has 27 heavy (non-hydrogen) atoms. The Hall–Kier alpha value is -2.33. The highest BCUT2D eigenvalue weighted by molar-refractivity contribution is 6.30. The van der Waals surface area contributed by atoms with Gasteiger partial charge in [-0.1, -0.05) is 50.2 Å². The molecule has 1 heterocycles. The molecule has 0 radical (unpaired) electrons. The summed E-state index contributed by atoms with van der Waals surface area (Å²) in [5, 5.41) is 3.87. The van der Waals surface area contributed by atoms with E-state index in [9.17, 15) is 9.59 Å². The van der Waals surface area contributed by atoms with Crippen molar-refractivity contribution < 1.29 is 14.3 Å². The highest BCUT2D eigenvalue weighted by atomic mass is 35.5. The number of allylic oxidation sites excluding steroid dienone is 3. The average Bonchev–Trinajstić information content (AvgIpc) is 2.57. The number of ether oxygens (including phenoxy) is 1. The van der Waals surface area contributed by atoms with E-state index in [0.29, 0.717) is 28.3 Å². The Balaban J connectivity index is 2.15. The molecule has 0 unspecified atom stereocenters. The van der Waals surface area contributed by atoms with E-state index in [1.54, 1.807) is 6.07 Å². The summed E-state index contributed by atoms with van der Waals surface area (Å²) in [5.41, 5.74) is 3.38. The van der Waals surface area contributed by atoms with Crippen LogP contribution in [0.25, 0.3) is 0 Å². The van der Waals surface area contributed by atoms with E-state index in [2.05, 4.69) is 25.7 Å². The van der Waals surface area contributed by atoms with Gasteiger partial charge < -0.3 is 10.1 Å². The number of esters is 1. The molecular weight excluding hydrogens is 362 g/mol. The topological polar surface area (TPSA) is 55.4 Å². The van der Waals surface area contributed by atoms with Crippen molar-refractivity contribution in [3.05, 3.63) is 70.0 Å². The number of halogens is 1. The lowest BCUT2D eigenvalue weighted by molar-refractivity contribution is -0.138. The van der Waals surface area contributed by atoms with E-state index >= 15 is 0 Å². The van der Waals surface area contributed by atoms with Crippen LogP contribution in [0.15, 0.2) is 59.5 Å². The second-order valence-corrected chi connectivity index (χ2v) is 8.31. The van der Waals surface area contributed by atoms with Crippen LogP contribution in [0.1, 0.15) is 45.1 Å². The summed E-state index contributed by atoms with van der Waals surface area (Å²) >= 11 is 6.21. The summed E-state index contributed by atoms with van der Waals surface area (Å²) in [6.45, 7) is 9.71. The summed E-state index contributed by atoms with van der Waals surface area (Å²) in [6, 6.07) is 7.32. The Kier molecular flexibility index (Phi) is 5.29. The van der Waals surface area contributed by atoms with Gasteiger partial charge in [0.05, 0.1) is 5.57 Å². The second kappa shape index (κ2) is 7.35. The van der Waals surface area contributed by atoms with Crippen molar-refractivity contribution in [3.8, 4) is 0 Å². The molecule has 0 bridgehead atoms. The molecule has 5 heteroatoms. The minimum Gasteiger partial charge on any atom is -0.458 e. The maximum atomic E-state index is 13.1. The lowest BCUT2D eigenvalue weighted by Crippen LogP contribution is -2.38. The SMILES string of the molecule is C=CCOC(=O)C1=C(C)NC2=C(C(=O)CC(C)(C)C2)[C@@H]1c1cccc(Cl)c1. The molecule has 0 amide bonds. The van der Waals surface area contributed by atoms with Crippen molar-refractivity contribution in [2.24, 2.45) is 5.41 Å². The van der Waals surface area contributed by atoms with Crippen molar-refractivity contribution in [1.82, 2.24) is 5.32 Å². The monoisotopic (exact) mass is 385 g/mol. The van der Waals surface area contributed by atoms with E-state index in [-0.39, 0.29) is 17.8 Å². The lowest BCUT2D eigenvalue weighted by Gasteiger charge is -2.39. The van der Waals surface area contributed by atoms with Crippen LogP contribution >= 0.6 is 11.6 Å². The zero-order valence-electron chi connectivity index (χ0n) is 15.9. The number of carbonyl (C=O) groups excluding carboxylic acids is 2. The Labute approximate surface area is 164 Å². The molecule has 1 aromatic rings. The number of benzene rings is 1. The first-order valence-corrected chi connectivity index (χ1v) is 9.39. The molecule has 0 fully saturated rings. The van der Waals surface area contributed by atoms with Crippen LogP contribution < -0.4 is 5.32 Å². The van der Waals surface area contributed by atoms with E-state index in [0.717, 1.165) is 17.7 Å². The summed E-state index contributed by atoms with van der Waals surface area (Å²) in [7, 11) is 0. The zero-order valence-corrected chi connectivity index (χ0v) is 16.7. The van der Waals surface area contributed by atoms with Gasteiger partial charge in [0.2, 0.25) is 0 Å². The standard InChI is InChI=1S/C22H24ClNO3/c1-5-9-27-21(26)18-13(2)24-16-11-22(3,4)12-17(25)20(16)19(18)14-7-6-8-15(23)10-14/h5-8,10,19,24H,1,9,11-12H2,2-4H3/t19-/m1/s1. The summed E-state index contributed by atoms with van der Waals surface area (Å²) in [6.07, 6.45) is 2.72. The molecule has 1 atom stereocenters. The highest BCUT2D eigenvalue weighted by Gasteiger charge is 2.43. The minimum absolute atomic E-state index is 0.0558. The Morgan fingerprint density at radius 1 is 1.41 bits per heavy atom. The number of hydrogen-bond acceptors (Lipinski definition) is 4. The van der Waals surface area contributed by atoms with Gasteiger partial charge in [-0.3, -0.25) is 4.79 Å². The largest absolute Gasteiger partial charge is 0.458 e. The van der Waals surface area contributed by atoms with E-state index in [4.69, 9.17) is 16.3 Å². The molecule has 1 N–H and O–H groups in total. The third-order valence-corrected chi connectivity index (χ3v) is 5.21. The Bertz CT molecular complexity index is 879. The number of Topliss-reactive ketones (excluding diaryl/α,β-unsaturated/α-hetero) is 1. The first kappa shape index (κ1) is 19.4. The Morgan fingerprint density at radius 2 is 2.15 bits per heavy atom. The number of carbonyl (C=O) groups is 2. The third-order valence-electron chi connectivity index (χ3n) is 4.97. The summed E-state index contributed by atoms with van der Waals surface area (Å²) in [5.74, 6) is -0.879. The number of nitrogens with one attached hydrogen (secondary N) is 1. The molecule has 0 aromatic heterocycles. The quantitative estimate of drug-likeness (QED) is 0.604. The molecule has 2 aliphatic rings. The van der Waals surface area contributed by atoms with Crippen LogP contribution in [0.4, 0.5) is 0 Å². The van der Waals surface area contributed by atoms with Crippen LogP contribution in [0.5, 0.6) is 0 Å². The molecule has 0 spiro atoms. The second-order valence-electron chi connectivity index (χ2n) is 7.87. The molecule has 1 aliphatic carbocycles. The Morgan fingerprint density at radius 3 is 2.81 bits per heavy atom. The minimum atomic E-state index is -0.485. The first-order chi connectivity index (χ1) is 12.7. The van der Waals surface area contributed by atoms with Gasteiger partial charge in [-0.05, 0) is 36.5 Å². The third kappa shape index (κ3) is 3.86. The van der Waals surface area contributed by atoms with E-state index < -0.39 is 11.9 Å². The fourth-order valence-electron chi connectivity index (χ4n) is 3.94. The molecule has 1 aromatic carbocycles. The molecule has 3 rings (SSSR count). The van der Waals surface area contributed by atoms with Gasteiger partial charge in [0.1, 0.15) is 6.61 Å². The maximum Gasteiger partial charge on any atom is 0.337 e. The smallest absolute Gasteiger partial charge is 0.337 e. The summed E-state index contributed by atoms with van der Waals surface area (Å²) < 4.78 is 5.32. The summed E-state index contributed by atoms with van der Waals surface area (Å²) in [4.78, 5) is 25.9. The first-order valence-electron chi connectivity index (χ1n) is 9.01. The van der Waals surface area contributed by atoms with Gasteiger partial charge in [0.15, 0.2) is 5.78 Å². The molecule has 4 nitrogen and oxygen atoms in total. The van der Waals surface area contributed by atoms with Gasteiger partial charge in [-0.15, -0.1) is 0 Å². The highest BCUT2D eigenvalue weighted by Crippen LogP contribution is 2.47. The molecule has 0 saturated heterocycles. The normalized spacial score (nSPS) is 21.5. The van der Waals surface area contributed by atoms with Gasteiger partial charge in [0.25, 0.3) is 0 Å². The van der Waals surface area contributed by atoms with Crippen molar-refractivity contribution in [2.45, 2.75) is 39.5 Å². The average molecular weight is 386 g/mol. The fourth-order valence-corrected chi connectivity index (χ4v) is 4.14. The van der Waals surface area contributed by atoms with Gasteiger partial charge in [-0.25, -0.2) is 4.79 Å². The molecular formula is C22H24ClNO3. The van der Waals surface area contributed by atoms with Crippen molar-refractivity contribution >= 4 is 23.4 Å². The van der Waals surface area contributed by atoms with Gasteiger partial charge in [0, 0.05) is 34.3 Å². The predicted molar refractivity (Wildman–Crippen MR) is 106 cm³/mol. The maximum absolute atomic E-state index is 13.1. The zero-order chi connectivity index (χ0) is 19.8. The predicted octanol–water partition coefficient (Wildman–Crippen LogP) is 4.67. The molecule has 0 saturated carbocycles. The van der Waals surface area contributed by atoms with Gasteiger partial charge >= 0.3 is 5.97 Å². The van der Waals surface area contributed by atoms with Crippen molar-refractivity contribution in [1.29, 1.82) is 0 Å². The van der Waals surface area contributed by atoms with Crippen LogP contribution in [0.3, 0.4) is 0 Å². The molecule has 142 valence electrons. The van der Waals surface area contributed by atoms with E-state index in [1.165, 1.54) is 6.08 Å².